The van der Waals surface area contributed by atoms with Gasteiger partial charge in [-0.05, 0) is 38.6 Å². The molecule has 3 saturated heterocycles. The molecule has 3 fully saturated rings. The Morgan fingerprint density at radius 2 is 2.04 bits per heavy atom. The number of amides is 4. The van der Waals surface area contributed by atoms with Crippen LogP contribution in [0.1, 0.15) is 38.5 Å². The average molecular weight is 405 g/mol. The quantitative estimate of drug-likeness (QED) is 0.313. The summed E-state index contributed by atoms with van der Waals surface area (Å²) in [5, 5.41) is 3.85. The Hall–Kier alpha value is -1.96. The molecule has 3 heterocycles. The highest BCUT2D eigenvalue weighted by molar-refractivity contribution is 7.80. The van der Waals surface area contributed by atoms with Crippen molar-refractivity contribution in [2.75, 3.05) is 13.1 Å². The molecule has 0 aliphatic carbocycles. The Bertz CT molecular complexity index is 709. The summed E-state index contributed by atoms with van der Waals surface area (Å²) in [5.74, 6) is -0.891. The largest absolute Gasteiger partial charge is 0.418 e. The van der Waals surface area contributed by atoms with Gasteiger partial charge in [0.25, 0.3) is 5.91 Å². The van der Waals surface area contributed by atoms with E-state index in [1.807, 2.05) is 0 Å². The molecular formula is C14H23N5O7S. The summed E-state index contributed by atoms with van der Waals surface area (Å²) in [6, 6.07) is -1.94. The van der Waals surface area contributed by atoms with Crippen molar-refractivity contribution in [3.05, 3.63) is 0 Å². The highest BCUT2D eigenvalue weighted by atomic mass is 32.3. The van der Waals surface area contributed by atoms with E-state index in [4.69, 9.17) is 4.55 Å². The minimum absolute atomic E-state index is 0.0910. The monoisotopic (exact) mass is 405 g/mol. The summed E-state index contributed by atoms with van der Waals surface area (Å²) in [4.78, 5) is 37.6. The van der Waals surface area contributed by atoms with Gasteiger partial charge in [-0.15, -0.1) is 4.28 Å². The number of nitrogens with zero attached hydrogens (tertiary/aromatic N) is 2. The van der Waals surface area contributed by atoms with Crippen LogP contribution < -0.4 is 16.2 Å². The lowest BCUT2D eigenvalue weighted by Gasteiger charge is -2.29. The topological polar surface area (TPSA) is 157 Å². The van der Waals surface area contributed by atoms with Gasteiger partial charge in [-0.25, -0.2) is 4.79 Å². The van der Waals surface area contributed by atoms with Gasteiger partial charge < -0.3 is 10.2 Å². The Balaban J connectivity index is 1.47. The number of hydrogen-bond acceptors (Lipinski definition) is 7. The molecule has 0 spiro atoms. The van der Waals surface area contributed by atoms with Crippen molar-refractivity contribution in [1.29, 1.82) is 0 Å². The molecule has 27 heavy (non-hydrogen) atoms. The molecule has 2 unspecified atom stereocenters. The molecule has 3 atom stereocenters. The van der Waals surface area contributed by atoms with E-state index >= 15 is 0 Å². The highest BCUT2D eigenvalue weighted by Crippen LogP contribution is 2.30. The third kappa shape index (κ3) is 4.86. The van der Waals surface area contributed by atoms with Crippen molar-refractivity contribution in [2.45, 2.75) is 56.7 Å². The van der Waals surface area contributed by atoms with E-state index in [0.29, 0.717) is 23.9 Å². The van der Waals surface area contributed by atoms with Gasteiger partial charge in [-0.2, -0.15) is 13.5 Å². The minimum Gasteiger partial charge on any atom is -0.314 e. The second-order valence-corrected chi connectivity index (χ2v) is 7.88. The van der Waals surface area contributed by atoms with Gasteiger partial charge in [0.15, 0.2) is 0 Å². The summed E-state index contributed by atoms with van der Waals surface area (Å²) < 4.78 is 34.8. The van der Waals surface area contributed by atoms with E-state index in [0.717, 1.165) is 24.3 Å². The first-order valence-corrected chi connectivity index (χ1v) is 10.2. The molecule has 0 aromatic rings. The van der Waals surface area contributed by atoms with E-state index < -0.39 is 34.4 Å². The lowest BCUT2D eigenvalue weighted by atomic mass is 10.0. The van der Waals surface area contributed by atoms with Crippen molar-refractivity contribution in [3.63, 3.8) is 0 Å². The van der Waals surface area contributed by atoms with Crippen LogP contribution in [-0.2, 0) is 24.3 Å². The molecular weight excluding hydrogens is 382 g/mol. The molecule has 12 nitrogen and oxygen atoms in total. The lowest BCUT2D eigenvalue weighted by Crippen LogP contribution is -2.54. The van der Waals surface area contributed by atoms with Gasteiger partial charge in [-0.1, -0.05) is 0 Å². The average Bonchev–Trinajstić information content (AvgIpc) is 3.20. The summed E-state index contributed by atoms with van der Waals surface area (Å²) in [6.45, 7) is 1.04. The maximum Gasteiger partial charge on any atom is 0.418 e. The number of nitrogens with one attached hydrogen (secondary N) is 3. The maximum atomic E-state index is 12.3. The van der Waals surface area contributed by atoms with E-state index in [1.165, 1.54) is 0 Å². The number of hydroxylamine groups is 2. The summed E-state index contributed by atoms with van der Waals surface area (Å²) in [6.07, 6.45) is 3.66. The summed E-state index contributed by atoms with van der Waals surface area (Å²) >= 11 is 0. The molecule has 152 valence electrons. The molecule has 0 aromatic heterocycles. The number of piperidine rings is 1. The first-order valence-electron chi connectivity index (χ1n) is 8.83. The van der Waals surface area contributed by atoms with Gasteiger partial charge in [-0.3, -0.25) is 25.0 Å². The van der Waals surface area contributed by atoms with Gasteiger partial charge in [0.2, 0.25) is 5.91 Å². The van der Waals surface area contributed by atoms with Crippen LogP contribution in [-0.4, -0.2) is 72.0 Å². The van der Waals surface area contributed by atoms with Crippen LogP contribution in [0.25, 0.3) is 0 Å². The fourth-order valence-electron chi connectivity index (χ4n) is 3.69. The third-order valence-electron chi connectivity index (χ3n) is 5.01. The second kappa shape index (κ2) is 7.96. The number of rotatable bonds is 6. The standard InChI is InChI=1S/C14H23N5O7S/c20-12(6-3-9-2-1-7-15-9)16-17-13(21)11-5-4-10-8-18(11)14(22)19(10)26-27(23,24)25/h9-11,15H,1-8H2,(H,16,20)(H,17,21)(H,23,24,25)/t9-,10?,11?/m0/s1. The number of urea groups is 1. The molecule has 2 bridgehead atoms. The van der Waals surface area contributed by atoms with Crippen LogP contribution in [0.2, 0.25) is 0 Å². The van der Waals surface area contributed by atoms with Crippen molar-refractivity contribution in [1.82, 2.24) is 26.1 Å². The van der Waals surface area contributed by atoms with E-state index in [9.17, 15) is 22.8 Å². The van der Waals surface area contributed by atoms with Crippen LogP contribution in [0, 0.1) is 0 Å². The maximum absolute atomic E-state index is 12.3. The van der Waals surface area contributed by atoms with Crippen molar-refractivity contribution >= 4 is 28.2 Å². The van der Waals surface area contributed by atoms with Crippen LogP contribution in [0.4, 0.5) is 4.79 Å². The first-order chi connectivity index (χ1) is 12.7. The summed E-state index contributed by atoms with van der Waals surface area (Å²) in [7, 11) is -4.84. The first kappa shape index (κ1) is 19.8. The second-order valence-electron chi connectivity index (χ2n) is 6.88. The predicted octanol–water partition coefficient (Wildman–Crippen LogP) is -1.33. The third-order valence-corrected chi connectivity index (χ3v) is 5.36. The number of hydrogen-bond donors (Lipinski definition) is 4. The predicted molar refractivity (Wildman–Crippen MR) is 89.9 cm³/mol. The molecule has 3 rings (SSSR count). The van der Waals surface area contributed by atoms with Crippen molar-refractivity contribution < 1.29 is 31.6 Å². The van der Waals surface area contributed by atoms with Gasteiger partial charge >= 0.3 is 16.4 Å². The molecule has 0 aromatic carbocycles. The lowest BCUT2D eigenvalue weighted by molar-refractivity contribution is -0.132. The molecule has 3 aliphatic rings. The smallest absolute Gasteiger partial charge is 0.314 e. The van der Waals surface area contributed by atoms with E-state index in [-0.39, 0.29) is 25.3 Å². The molecule has 4 N–H and O–H groups in total. The fraction of sp³-hybridized carbons (Fsp3) is 0.786. The molecule has 13 heteroatoms. The SMILES string of the molecule is O=C(CC[C@@H]1CCCN1)NNC(=O)C1CCC2CN1C(=O)N2OS(=O)(=O)O. The zero-order valence-corrected chi connectivity index (χ0v) is 15.4. The Kier molecular flexibility index (Phi) is 5.83. The fourth-order valence-corrected chi connectivity index (χ4v) is 4.08. The Labute approximate surface area is 156 Å². The van der Waals surface area contributed by atoms with Gasteiger partial charge in [0.05, 0.1) is 6.04 Å². The van der Waals surface area contributed by atoms with Gasteiger partial charge in [0, 0.05) is 19.0 Å². The molecule has 4 amide bonds. The van der Waals surface area contributed by atoms with Gasteiger partial charge in [0.1, 0.15) is 6.04 Å². The van der Waals surface area contributed by atoms with E-state index in [2.05, 4.69) is 20.5 Å². The number of hydrazine groups is 1. The number of carbonyl (C=O) groups is 3. The van der Waals surface area contributed by atoms with Crippen molar-refractivity contribution in [2.24, 2.45) is 0 Å². The molecule has 0 saturated carbocycles. The Morgan fingerprint density at radius 1 is 1.26 bits per heavy atom. The zero-order chi connectivity index (χ0) is 19.6. The molecule has 0 radical (unpaired) electrons. The van der Waals surface area contributed by atoms with Crippen LogP contribution >= 0.6 is 0 Å². The zero-order valence-electron chi connectivity index (χ0n) is 14.6. The molecule has 3 aliphatic heterocycles. The van der Waals surface area contributed by atoms with Crippen LogP contribution in [0.3, 0.4) is 0 Å². The van der Waals surface area contributed by atoms with E-state index in [1.54, 1.807) is 0 Å². The normalized spacial score (nSPS) is 27.7. The summed E-state index contributed by atoms with van der Waals surface area (Å²) in [5.41, 5.74) is 4.66. The highest BCUT2D eigenvalue weighted by Gasteiger charge is 2.49. The van der Waals surface area contributed by atoms with Crippen LogP contribution in [0.5, 0.6) is 0 Å². The Morgan fingerprint density at radius 3 is 2.70 bits per heavy atom. The van der Waals surface area contributed by atoms with Crippen LogP contribution in [0.15, 0.2) is 0 Å². The minimum atomic E-state index is -4.84. The number of fused-ring (bicyclic) bond motifs is 2. The van der Waals surface area contributed by atoms with Crippen molar-refractivity contribution in [3.8, 4) is 0 Å². The number of carbonyl (C=O) groups excluding carboxylic acids is 3.